The summed E-state index contributed by atoms with van der Waals surface area (Å²) < 4.78 is 5.95. The number of carboxylic acid groups (broad SMARTS) is 1. The van der Waals surface area contributed by atoms with Gasteiger partial charge in [-0.3, -0.25) is 4.79 Å². The predicted octanol–water partition coefficient (Wildman–Crippen LogP) is 2.81. The molecule has 0 saturated heterocycles. The summed E-state index contributed by atoms with van der Waals surface area (Å²) in [5, 5.41) is 9.47. The van der Waals surface area contributed by atoms with Crippen LogP contribution in [0.3, 0.4) is 0 Å². The summed E-state index contributed by atoms with van der Waals surface area (Å²) in [6, 6.07) is 7.57. The zero-order chi connectivity index (χ0) is 11.8. The summed E-state index contributed by atoms with van der Waals surface area (Å²) in [5.41, 5.74) is 0.850. The Balaban J connectivity index is 2.05. The van der Waals surface area contributed by atoms with Crippen LogP contribution in [0.5, 0.6) is 5.75 Å². The summed E-state index contributed by atoms with van der Waals surface area (Å²) in [7, 11) is 0. The maximum absolute atomic E-state index is 11.5. The lowest BCUT2D eigenvalue weighted by Gasteiger charge is -2.40. The van der Waals surface area contributed by atoms with Crippen LogP contribution >= 0.6 is 0 Å². The molecule has 0 radical (unpaired) electrons. The largest absolute Gasteiger partial charge is 0.490 e. The molecule has 1 aliphatic heterocycles. The minimum absolute atomic E-state index is 0.0970. The van der Waals surface area contributed by atoms with Crippen molar-refractivity contribution in [3.63, 3.8) is 0 Å². The quantitative estimate of drug-likeness (QED) is 0.809. The van der Waals surface area contributed by atoms with Gasteiger partial charge in [-0.15, -0.1) is 0 Å². The van der Waals surface area contributed by atoms with E-state index in [1.54, 1.807) is 0 Å². The molecule has 1 aliphatic carbocycles. The molecule has 2 aliphatic rings. The minimum atomic E-state index is -0.711. The Kier molecular flexibility index (Phi) is 2.54. The molecule has 0 spiro atoms. The van der Waals surface area contributed by atoms with Crippen molar-refractivity contribution in [1.82, 2.24) is 0 Å². The number of hydrogen-bond acceptors (Lipinski definition) is 2. The molecule has 1 aromatic carbocycles. The fourth-order valence-corrected chi connectivity index (χ4v) is 3.21. The summed E-state index contributed by atoms with van der Waals surface area (Å²) in [6.07, 6.45) is 4.32. The standard InChI is InChI=1S/C14H16O3/c15-14(16)13-9-5-1-3-7-11(9)17-12-8-4-2-6-10(12)13/h1,3,5,7,10,12-13H,2,4,6,8H2,(H,15,16)/t10-,12+,13+/m0/s1. The minimum Gasteiger partial charge on any atom is -0.490 e. The molecule has 1 saturated carbocycles. The number of fused-ring (bicyclic) bond motifs is 2. The lowest BCUT2D eigenvalue weighted by Crippen LogP contribution is -2.41. The van der Waals surface area contributed by atoms with E-state index >= 15 is 0 Å². The maximum Gasteiger partial charge on any atom is 0.311 e. The van der Waals surface area contributed by atoms with Crippen molar-refractivity contribution in [2.24, 2.45) is 5.92 Å². The number of hydrogen-bond donors (Lipinski definition) is 1. The second kappa shape index (κ2) is 4.06. The zero-order valence-electron chi connectivity index (χ0n) is 9.63. The van der Waals surface area contributed by atoms with Gasteiger partial charge in [0.2, 0.25) is 0 Å². The number of ether oxygens (including phenoxy) is 1. The first-order valence-electron chi connectivity index (χ1n) is 6.26. The maximum atomic E-state index is 11.5. The Morgan fingerprint density at radius 1 is 1.24 bits per heavy atom. The average Bonchev–Trinajstić information content (AvgIpc) is 2.35. The molecule has 3 heteroatoms. The number of carboxylic acids is 1. The van der Waals surface area contributed by atoms with Crippen LogP contribution in [0.4, 0.5) is 0 Å². The van der Waals surface area contributed by atoms with Crippen LogP contribution in [0.2, 0.25) is 0 Å². The van der Waals surface area contributed by atoms with Crippen LogP contribution in [0.1, 0.15) is 37.2 Å². The predicted molar refractivity (Wildman–Crippen MR) is 63.2 cm³/mol. The van der Waals surface area contributed by atoms with Gasteiger partial charge >= 0.3 is 5.97 Å². The van der Waals surface area contributed by atoms with Crippen molar-refractivity contribution in [3.05, 3.63) is 29.8 Å². The van der Waals surface area contributed by atoms with Crippen LogP contribution in [-0.4, -0.2) is 17.2 Å². The van der Waals surface area contributed by atoms with E-state index in [0.717, 1.165) is 37.0 Å². The third-order valence-electron chi connectivity index (χ3n) is 3.98. The highest BCUT2D eigenvalue weighted by Gasteiger charge is 2.42. The van der Waals surface area contributed by atoms with Gasteiger partial charge in [0.1, 0.15) is 11.9 Å². The number of rotatable bonds is 1. The van der Waals surface area contributed by atoms with Crippen LogP contribution in [0, 0.1) is 5.92 Å². The van der Waals surface area contributed by atoms with E-state index in [0.29, 0.717) is 0 Å². The molecule has 1 heterocycles. The van der Waals surface area contributed by atoms with E-state index in [4.69, 9.17) is 4.74 Å². The van der Waals surface area contributed by atoms with Gasteiger partial charge in [0.15, 0.2) is 0 Å². The third-order valence-corrected chi connectivity index (χ3v) is 3.98. The molecular weight excluding hydrogens is 216 g/mol. The van der Waals surface area contributed by atoms with Crippen LogP contribution < -0.4 is 4.74 Å². The smallest absolute Gasteiger partial charge is 0.311 e. The molecule has 1 N–H and O–H groups in total. The molecule has 0 unspecified atom stereocenters. The summed E-state index contributed by atoms with van der Waals surface area (Å²) >= 11 is 0. The van der Waals surface area contributed by atoms with Crippen molar-refractivity contribution in [3.8, 4) is 5.75 Å². The first-order valence-corrected chi connectivity index (χ1v) is 6.26. The highest BCUT2D eigenvalue weighted by atomic mass is 16.5. The molecule has 0 aromatic heterocycles. The Hall–Kier alpha value is -1.51. The van der Waals surface area contributed by atoms with E-state index in [1.807, 2.05) is 24.3 Å². The third kappa shape index (κ3) is 1.70. The number of benzene rings is 1. The molecule has 1 aromatic rings. The molecule has 0 amide bonds. The van der Waals surface area contributed by atoms with Crippen molar-refractivity contribution < 1.29 is 14.6 Å². The summed E-state index contributed by atoms with van der Waals surface area (Å²) in [4.78, 5) is 11.5. The fraction of sp³-hybridized carbons (Fsp3) is 0.500. The molecule has 17 heavy (non-hydrogen) atoms. The van der Waals surface area contributed by atoms with Gasteiger partial charge in [0.25, 0.3) is 0 Å². The van der Waals surface area contributed by atoms with Crippen LogP contribution in [-0.2, 0) is 4.79 Å². The Labute approximate surface area is 100 Å². The van der Waals surface area contributed by atoms with E-state index in [1.165, 1.54) is 0 Å². The molecule has 0 bridgehead atoms. The van der Waals surface area contributed by atoms with Gasteiger partial charge in [-0.1, -0.05) is 24.6 Å². The molecular formula is C14H16O3. The highest BCUT2D eigenvalue weighted by Crippen LogP contribution is 2.45. The average molecular weight is 232 g/mol. The second-order valence-electron chi connectivity index (χ2n) is 4.96. The van der Waals surface area contributed by atoms with Gasteiger partial charge in [0.05, 0.1) is 5.92 Å². The lowest BCUT2D eigenvalue weighted by atomic mass is 9.73. The SMILES string of the molecule is O=C(O)[C@@H]1c2ccccc2O[C@@H]2CCCC[C@H]12. The molecule has 3 atom stereocenters. The summed E-state index contributed by atoms with van der Waals surface area (Å²) in [6.45, 7) is 0. The Bertz CT molecular complexity index is 441. The zero-order valence-corrected chi connectivity index (χ0v) is 9.63. The van der Waals surface area contributed by atoms with Crippen molar-refractivity contribution >= 4 is 5.97 Å². The second-order valence-corrected chi connectivity index (χ2v) is 4.96. The Morgan fingerprint density at radius 2 is 2.00 bits per heavy atom. The van der Waals surface area contributed by atoms with E-state index in [9.17, 15) is 9.90 Å². The van der Waals surface area contributed by atoms with E-state index < -0.39 is 5.97 Å². The number of carbonyl (C=O) groups is 1. The van der Waals surface area contributed by atoms with Crippen molar-refractivity contribution in [2.45, 2.75) is 37.7 Å². The van der Waals surface area contributed by atoms with Crippen LogP contribution in [0.15, 0.2) is 24.3 Å². The summed E-state index contributed by atoms with van der Waals surface area (Å²) in [5.74, 6) is -0.179. The molecule has 3 rings (SSSR count). The van der Waals surface area contributed by atoms with Gasteiger partial charge in [0, 0.05) is 11.5 Å². The number of aliphatic carboxylic acids is 1. The molecule has 1 fully saturated rings. The van der Waals surface area contributed by atoms with Crippen molar-refractivity contribution in [2.75, 3.05) is 0 Å². The fourth-order valence-electron chi connectivity index (χ4n) is 3.21. The topological polar surface area (TPSA) is 46.5 Å². The van der Waals surface area contributed by atoms with Gasteiger partial charge < -0.3 is 9.84 Å². The van der Waals surface area contributed by atoms with E-state index in [2.05, 4.69) is 0 Å². The van der Waals surface area contributed by atoms with E-state index in [-0.39, 0.29) is 17.9 Å². The van der Waals surface area contributed by atoms with Gasteiger partial charge in [-0.2, -0.15) is 0 Å². The number of para-hydroxylation sites is 1. The Morgan fingerprint density at radius 3 is 2.82 bits per heavy atom. The van der Waals surface area contributed by atoms with Gasteiger partial charge in [-0.05, 0) is 25.3 Å². The first kappa shape index (κ1) is 10.6. The molecule has 3 nitrogen and oxygen atoms in total. The first-order chi connectivity index (χ1) is 8.27. The van der Waals surface area contributed by atoms with Crippen molar-refractivity contribution in [1.29, 1.82) is 0 Å². The normalized spacial score (nSPS) is 30.9. The van der Waals surface area contributed by atoms with Crippen LogP contribution in [0.25, 0.3) is 0 Å². The lowest BCUT2D eigenvalue weighted by molar-refractivity contribution is -0.142. The van der Waals surface area contributed by atoms with Gasteiger partial charge in [-0.25, -0.2) is 0 Å². The molecule has 90 valence electrons. The monoisotopic (exact) mass is 232 g/mol. The highest BCUT2D eigenvalue weighted by molar-refractivity contribution is 5.78.